The lowest BCUT2D eigenvalue weighted by atomic mass is 10.2. The number of ether oxygens (including phenoxy) is 1. The molecule has 0 saturated heterocycles. The van der Waals surface area contributed by atoms with Crippen molar-refractivity contribution in [1.29, 1.82) is 0 Å². The third kappa shape index (κ3) is 3.42. The van der Waals surface area contributed by atoms with Gasteiger partial charge in [0.15, 0.2) is 5.75 Å². The first-order valence-electron chi connectivity index (χ1n) is 5.65. The van der Waals surface area contributed by atoms with E-state index in [9.17, 15) is 14.5 Å². The van der Waals surface area contributed by atoms with Gasteiger partial charge in [0.2, 0.25) is 0 Å². The van der Waals surface area contributed by atoms with Crippen LogP contribution in [-0.2, 0) is 12.5 Å². The number of hydrogen-bond acceptors (Lipinski definition) is 4. The molecule has 0 radical (unpaired) electrons. The quantitative estimate of drug-likeness (QED) is 0.481. The van der Waals surface area contributed by atoms with Gasteiger partial charge in [0.05, 0.1) is 11.1 Å². The van der Waals surface area contributed by atoms with Crippen LogP contribution in [0.25, 0.3) is 0 Å². The predicted octanol–water partition coefficient (Wildman–Crippen LogP) is 3.45. The molecule has 0 fully saturated rings. The molecule has 7 heteroatoms. The van der Waals surface area contributed by atoms with E-state index in [0.29, 0.717) is 11.1 Å². The smallest absolute Gasteiger partial charge is 0.311 e. The minimum absolute atomic E-state index is 0.00811. The van der Waals surface area contributed by atoms with Crippen molar-refractivity contribution in [2.24, 2.45) is 0 Å². The molecule has 1 aromatic heterocycles. The summed E-state index contributed by atoms with van der Waals surface area (Å²) in [5.41, 5.74) is 0.936. The number of aromatic nitrogens is 1. The predicted molar refractivity (Wildman–Crippen MR) is 71.2 cm³/mol. The summed E-state index contributed by atoms with van der Waals surface area (Å²) in [6, 6.07) is 5.72. The van der Waals surface area contributed by atoms with E-state index in [4.69, 9.17) is 16.3 Å². The summed E-state index contributed by atoms with van der Waals surface area (Å²) in [4.78, 5) is 14.1. The van der Waals surface area contributed by atoms with Crippen molar-refractivity contribution in [1.82, 2.24) is 4.98 Å². The number of benzene rings is 1. The molecule has 1 heterocycles. The third-order valence-corrected chi connectivity index (χ3v) is 2.84. The zero-order valence-corrected chi connectivity index (χ0v) is 11.0. The molecular weight excluding hydrogens is 287 g/mol. The van der Waals surface area contributed by atoms with E-state index in [2.05, 4.69) is 4.98 Å². The Hall–Kier alpha value is -2.21. The average molecular weight is 297 g/mol. The van der Waals surface area contributed by atoms with Crippen molar-refractivity contribution in [3.8, 4) is 5.75 Å². The molecule has 2 rings (SSSR count). The highest BCUT2D eigenvalue weighted by atomic mass is 35.5. The first-order chi connectivity index (χ1) is 9.60. The van der Waals surface area contributed by atoms with E-state index in [1.54, 1.807) is 6.07 Å². The van der Waals surface area contributed by atoms with Crippen molar-refractivity contribution in [2.75, 3.05) is 0 Å². The zero-order valence-electron chi connectivity index (χ0n) is 10.3. The van der Waals surface area contributed by atoms with E-state index in [1.807, 2.05) is 0 Å². The number of halogens is 2. The van der Waals surface area contributed by atoms with E-state index < -0.39 is 10.7 Å². The van der Waals surface area contributed by atoms with Gasteiger partial charge < -0.3 is 4.74 Å². The molecule has 5 nitrogen and oxygen atoms in total. The number of hydrogen-bond donors (Lipinski definition) is 0. The minimum Gasteiger partial charge on any atom is -0.482 e. The summed E-state index contributed by atoms with van der Waals surface area (Å²) in [5.74, 6) is -0.208. The van der Waals surface area contributed by atoms with Crippen LogP contribution in [0.1, 0.15) is 11.1 Å². The number of pyridine rings is 1. The van der Waals surface area contributed by atoms with Crippen LogP contribution in [0.4, 0.5) is 10.1 Å². The fourth-order valence-electron chi connectivity index (χ4n) is 1.61. The van der Waals surface area contributed by atoms with Crippen LogP contribution in [0.2, 0.25) is 0 Å². The van der Waals surface area contributed by atoms with Crippen molar-refractivity contribution in [2.45, 2.75) is 12.5 Å². The van der Waals surface area contributed by atoms with E-state index >= 15 is 0 Å². The SMILES string of the molecule is O=[N+]([O-])c1cc(CCl)ccc1OCc1cncc(F)c1. The van der Waals surface area contributed by atoms with Gasteiger partial charge in [0.25, 0.3) is 0 Å². The molecule has 0 aliphatic rings. The van der Waals surface area contributed by atoms with Gasteiger partial charge in [-0.1, -0.05) is 6.07 Å². The van der Waals surface area contributed by atoms with Crippen molar-refractivity contribution >= 4 is 17.3 Å². The Kier molecular flexibility index (Phi) is 4.47. The van der Waals surface area contributed by atoms with Gasteiger partial charge in [-0.25, -0.2) is 4.39 Å². The van der Waals surface area contributed by atoms with E-state index in [1.165, 1.54) is 24.4 Å². The van der Waals surface area contributed by atoms with Gasteiger partial charge >= 0.3 is 5.69 Å². The molecule has 0 spiro atoms. The van der Waals surface area contributed by atoms with Crippen LogP contribution >= 0.6 is 11.6 Å². The topological polar surface area (TPSA) is 65.3 Å². The molecule has 0 amide bonds. The maximum Gasteiger partial charge on any atom is 0.311 e. The second-order valence-corrected chi connectivity index (χ2v) is 4.26. The molecule has 0 aliphatic carbocycles. The summed E-state index contributed by atoms with van der Waals surface area (Å²) < 4.78 is 18.3. The minimum atomic E-state index is -0.546. The summed E-state index contributed by atoms with van der Waals surface area (Å²) in [7, 11) is 0. The van der Waals surface area contributed by atoms with Crippen LogP contribution in [0.3, 0.4) is 0 Å². The molecule has 0 saturated carbocycles. The van der Waals surface area contributed by atoms with Crippen LogP contribution in [0, 0.1) is 15.9 Å². The zero-order chi connectivity index (χ0) is 14.5. The van der Waals surface area contributed by atoms with Crippen molar-refractivity contribution in [3.05, 3.63) is 63.7 Å². The number of rotatable bonds is 5. The van der Waals surface area contributed by atoms with Crippen LogP contribution in [0.15, 0.2) is 36.7 Å². The van der Waals surface area contributed by atoms with Crippen LogP contribution < -0.4 is 4.74 Å². The Morgan fingerprint density at radius 3 is 2.75 bits per heavy atom. The van der Waals surface area contributed by atoms with Gasteiger partial charge in [-0.3, -0.25) is 15.1 Å². The fraction of sp³-hybridized carbons (Fsp3) is 0.154. The Morgan fingerprint density at radius 2 is 2.10 bits per heavy atom. The second-order valence-electron chi connectivity index (χ2n) is 3.99. The number of nitrogens with zero attached hydrogens (tertiary/aromatic N) is 2. The first-order valence-corrected chi connectivity index (χ1v) is 6.19. The molecular formula is C13H10ClFN2O3. The molecule has 104 valence electrons. The lowest BCUT2D eigenvalue weighted by Gasteiger charge is -2.07. The number of nitro benzene ring substituents is 1. The number of nitro groups is 1. The van der Waals surface area contributed by atoms with Gasteiger partial charge in [0, 0.05) is 23.7 Å². The highest BCUT2D eigenvalue weighted by molar-refractivity contribution is 6.17. The number of alkyl halides is 1. The van der Waals surface area contributed by atoms with Gasteiger partial charge in [-0.15, -0.1) is 11.6 Å². The maximum absolute atomic E-state index is 13.0. The Balaban J connectivity index is 2.18. The highest BCUT2D eigenvalue weighted by Gasteiger charge is 2.16. The van der Waals surface area contributed by atoms with Crippen molar-refractivity contribution < 1.29 is 14.1 Å². The monoisotopic (exact) mass is 296 g/mol. The van der Waals surface area contributed by atoms with Crippen LogP contribution in [-0.4, -0.2) is 9.91 Å². The van der Waals surface area contributed by atoms with Gasteiger partial charge in [-0.05, 0) is 17.7 Å². The van der Waals surface area contributed by atoms with Gasteiger partial charge in [0.1, 0.15) is 12.4 Å². The highest BCUT2D eigenvalue weighted by Crippen LogP contribution is 2.29. The summed E-state index contributed by atoms with van der Waals surface area (Å²) in [5, 5.41) is 11.0. The van der Waals surface area contributed by atoms with E-state index in [-0.39, 0.29) is 23.9 Å². The summed E-state index contributed by atoms with van der Waals surface area (Å²) >= 11 is 5.63. The first kappa shape index (κ1) is 14.2. The lowest BCUT2D eigenvalue weighted by Crippen LogP contribution is -2.00. The second kappa shape index (κ2) is 6.29. The molecule has 0 aliphatic heterocycles. The molecule has 0 atom stereocenters. The average Bonchev–Trinajstić information content (AvgIpc) is 2.45. The standard InChI is InChI=1S/C13H10ClFN2O3/c14-5-9-1-2-13(12(4-9)17(18)19)20-8-10-3-11(15)7-16-6-10/h1-4,6-7H,5,8H2. The van der Waals surface area contributed by atoms with Crippen molar-refractivity contribution in [3.63, 3.8) is 0 Å². The molecule has 20 heavy (non-hydrogen) atoms. The molecule has 0 N–H and O–H groups in total. The molecule has 1 aromatic carbocycles. The molecule has 0 unspecified atom stereocenters. The largest absolute Gasteiger partial charge is 0.482 e. The van der Waals surface area contributed by atoms with E-state index in [0.717, 1.165) is 6.20 Å². The Labute approximate surface area is 119 Å². The van der Waals surface area contributed by atoms with Gasteiger partial charge in [-0.2, -0.15) is 0 Å². The molecule has 0 bridgehead atoms. The van der Waals surface area contributed by atoms with Crippen LogP contribution in [0.5, 0.6) is 5.75 Å². The fourth-order valence-corrected chi connectivity index (χ4v) is 1.77. The lowest BCUT2D eigenvalue weighted by molar-refractivity contribution is -0.386. The third-order valence-electron chi connectivity index (χ3n) is 2.53. The Bertz CT molecular complexity index is 637. The normalized spacial score (nSPS) is 10.3. The maximum atomic E-state index is 13.0. The summed E-state index contributed by atoms with van der Waals surface area (Å²) in [6.45, 7) is -0.00811. The molecule has 2 aromatic rings. The Morgan fingerprint density at radius 1 is 1.30 bits per heavy atom. The summed E-state index contributed by atoms with van der Waals surface area (Å²) in [6.07, 6.45) is 2.50.